The SMILES string of the molecule is COCc1c(F)c(F)c(CC(C(=O)O)C(C)(C)c2ccc(I)cc2)c(Cl)c1F. The fourth-order valence-corrected chi connectivity index (χ4v) is 3.74. The average molecular weight is 527 g/mol. The zero-order valence-corrected chi connectivity index (χ0v) is 18.4. The van der Waals surface area contributed by atoms with Gasteiger partial charge in [-0.3, -0.25) is 4.79 Å². The third-order valence-corrected chi connectivity index (χ3v) is 6.01. The number of ether oxygens (including phenoxy) is 1. The van der Waals surface area contributed by atoms with Gasteiger partial charge in [-0.05, 0) is 46.7 Å². The summed E-state index contributed by atoms with van der Waals surface area (Å²) in [5.41, 5.74) is -1.38. The Bertz CT molecular complexity index is 856. The first-order valence-corrected chi connectivity index (χ1v) is 9.79. The maximum Gasteiger partial charge on any atom is 0.307 e. The first-order valence-electron chi connectivity index (χ1n) is 8.33. The second kappa shape index (κ2) is 9.00. The van der Waals surface area contributed by atoms with Gasteiger partial charge in [0, 0.05) is 21.7 Å². The van der Waals surface area contributed by atoms with E-state index in [1.807, 2.05) is 12.1 Å². The highest BCUT2D eigenvalue weighted by molar-refractivity contribution is 14.1. The Hall–Kier alpha value is -1.32. The van der Waals surface area contributed by atoms with Crippen LogP contribution in [0.5, 0.6) is 0 Å². The number of hydrogen-bond acceptors (Lipinski definition) is 2. The summed E-state index contributed by atoms with van der Waals surface area (Å²) in [6.07, 6.45) is -0.472. The Morgan fingerprint density at radius 1 is 1.14 bits per heavy atom. The Balaban J connectivity index is 2.53. The van der Waals surface area contributed by atoms with Crippen LogP contribution in [-0.4, -0.2) is 18.2 Å². The van der Waals surface area contributed by atoms with Gasteiger partial charge in [-0.1, -0.05) is 37.6 Å². The van der Waals surface area contributed by atoms with E-state index in [2.05, 4.69) is 27.3 Å². The van der Waals surface area contributed by atoms with Crippen LogP contribution in [-0.2, 0) is 28.0 Å². The molecule has 1 unspecified atom stereocenters. The van der Waals surface area contributed by atoms with Gasteiger partial charge in [0.05, 0.1) is 23.1 Å². The van der Waals surface area contributed by atoms with Crippen LogP contribution in [0.15, 0.2) is 24.3 Å². The minimum atomic E-state index is -1.42. The van der Waals surface area contributed by atoms with E-state index in [1.54, 1.807) is 26.0 Å². The van der Waals surface area contributed by atoms with Crippen LogP contribution in [0.25, 0.3) is 0 Å². The van der Waals surface area contributed by atoms with E-state index in [0.717, 1.165) is 3.57 Å². The molecule has 0 amide bonds. The van der Waals surface area contributed by atoms with Crippen LogP contribution in [0.2, 0.25) is 5.02 Å². The van der Waals surface area contributed by atoms with Gasteiger partial charge in [-0.25, -0.2) is 13.2 Å². The quantitative estimate of drug-likeness (QED) is 0.370. The molecular formula is C20H19ClF3IO3. The Morgan fingerprint density at radius 2 is 1.68 bits per heavy atom. The highest BCUT2D eigenvalue weighted by Crippen LogP contribution is 2.38. The summed E-state index contributed by atoms with van der Waals surface area (Å²) in [6.45, 7) is 2.88. The van der Waals surface area contributed by atoms with E-state index in [9.17, 15) is 23.1 Å². The minimum Gasteiger partial charge on any atom is -0.481 e. The first-order chi connectivity index (χ1) is 13.0. The second-order valence-electron chi connectivity index (χ2n) is 6.97. The number of carbonyl (C=O) groups is 1. The number of halogens is 5. The second-order valence-corrected chi connectivity index (χ2v) is 8.59. The molecule has 0 aliphatic heterocycles. The van der Waals surface area contributed by atoms with Crippen LogP contribution < -0.4 is 0 Å². The first kappa shape index (κ1) is 23.0. The summed E-state index contributed by atoms with van der Waals surface area (Å²) >= 11 is 8.07. The molecule has 0 aliphatic rings. The molecule has 0 saturated heterocycles. The minimum absolute atomic E-state index is 0.472. The highest BCUT2D eigenvalue weighted by atomic mass is 127. The third kappa shape index (κ3) is 4.46. The van der Waals surface area contributed by atoms with Crippen LogP contribution in [0.3, 0.4) is 0 Å². The number of hydrogen-bond donors (Lipinski definition) is 1. The normalized spacial score (nSPS) is 12.9. The molecule has 0 spiro atoms. The van der Waals surface area contributed by atoms with Crippen molar-refractivity contribution in [1.82, 2.24) is 0 Å². The zero-order valence-electron chi connectivity index (χ0n) is 15.5. The van der Waals surface area contributed by atoms with Gasteiger partial charge >= 0.3 is 5.97 Å². The summed E-state index contributed by atoms with van der Waals surface area (Å²) in [5, 5.41) is 9.14. The van der Waals surface area contributed by atoms with Crippen molar-refractivity contribution in [2.45, 2.75) is 32.3 Å². The third-order valence-electron chi connectivity index (χ3n) is 4.90. The lowest BCUT2D eigenvalue weighted by Gasteiger charge is -2.32. The van der Waals surface area contributed by atoms with Crippen molar-refractivity contribution < 1.29 is 27.8 Å². The molecule has 0 saturated carbocycles. The molecule has 0 radical (unpaired) electrons. The van der Waals surface area contributed by atoms with Crippen molar-refractivity contribution in [2.75, 3.05) is 7.11 Å². The molecule has 0 bridgehead atoms. The van der Waals surface area contributed by atoms with Crippen LogP contribution in [0.1, 0.15) is 30.5 Å². The number of aliphatic carboxylic acids is 1. The monoisotopic (exact) mass is 526 g/mol. The molecule has 1 N–H and O–H groups in total. The molecule has 28 heavy (non-hydrogen) atoms. The lowest BCUT2D eigenvalue weighted by Crippen LogP contribution is -2.36. The Kier molecular flexibility index (Phi) is 7.38. The van der Waals surface area contributed by atoms with Crippen molar-refractivity contribution in [3.05, 3.63) is 67.0 Å². The van der Waals surface area contributed by atoms with Crippen LogP contribution in [0, 0.1) is 26.9 Å². The van der Waals surface area contributed by atoms with Crippen LogP contribution >= 0.6 is 34.2 Å². The maximum absolute atomic E-state index is 14.6. The fourth-order valence-electron chi connectivity index (χ4n) is 3.11. The largest absolute Gasteiger partial charge is 0.481 e. The lowest BCUT2D eigenvalue weighted by atomic mass is 9.71. The van der Waals surface area contributed by atoms with E-state index in [-0.39, 0.29) is 0 Å². The van der Waals surface area contributed by atoms with Crippen molar-refractivity contribution in [1.29, 1.82) is 0 Å². The van der Waals surface area contributed by atoms with Gasteiger partial charge in [0.25, 0.3) is 0 Å². The van der Waals surface area contributed by atoms with E-state index in [1.165, 1.54) is 7.11 Å². The summed E-state index contributed by atoms with van der Waals surface area (Å²) < 4.78 is 49.0. The molecule has 2 rings (SSSR count). The highest BCUT2D eigenvalue weighted by Gasteiger charge is 2.39. The molecule has 8 heteroatoms. The summed E-state index contributed by atoms with van der Waals surface area (Å²) in [6, 6.07) is 7.20. The van der Waals surface area contributed by atoms with Gasteiger partial charge in [-0.2, -0.15) is 0 Å². The van der Waals surface area contributed by atoms with Gasteiger partial charge < -0.3 is 9.84 Å². The van der Waals surface area contributed by atoms with E-state index in [4.69, 9.17) is 11.6 Å². The Morgan fingerprint density at radius 3 is 2.18 bits per heavy atom. The summed E-state index contributed by atoms with van der Waals surface area (Å²) in [4.78, 5) is 12.0. The van der Waals surface area contributed by atoms with Crippen molar-refractivity contribution in [3.8, 4) is 0 Å². The number of rotatable bonds is 7. The molecule has 3 nitrogen and oxygen atoms in total. The molecule has 2 aromatic rings. The lowest BCUT2D eigenvalue weighted by molar-refractivity contribution is -0.144. The van der Waals surface area contributed by atoms with E-state index < -0.39 is 63.9 Å². The molecule has 0 heterocycles. The summed E-state index contributed by atoms with van der Waals surface area (Å²) in [7, 11) is 1.21. The molecule has 0 aromatic heterocycles. The standard InChI is InChI=1S/C20H19ClF3IO3/c1-20(2,10-4-6-11(25)7-5-10)14(19(26)27)8-12-15(21)16(22)13(9-28-3)18(24)17(12)23/h4-7,14H,8-9H2,1-3H3,(H,26,27). The predicted octanol–water partition coefficient (Wildman–Crippen LogP) is 5.73. The average Bonchev–Trinajstić information content (AvgIpc) is 2.63. The van der Waals surface area contributed by atoms with Gasteiger partial charge in [-0.15, -0.1) is 0 Å². The number of benzene rings is 2. The predicted molar refractivity (Wildman–Crippen MR) is 109 cm³/mol. The van der Waals surface area contributed by atoms with Gasteiger partial charge in [0.1, 0.15) is 0 Å². The van der Waals surface area contributed by atoms with Crippen LogP contribution in [0.4, 0.5) is 13.2 Å². The maximum atomic E-state index is 14.6. The van der Waals surface area contributed by atoms with Crippen molar-refractivity contribution in [2.24, 2.45) is 5.92 Å². The molecular weight excluding hydrogens is 508 g/mol. The molecule has 0 aliphatic carbocycles. The topological polar surface area (TPSA) is 46.5 Å². The molecule has 2 aromatic carbocycles. The number of carboxylic acids is 1. The van der Waals surface area contributed by atoms with E-state index in [0.29, 0.717) is 5.56 Å². The number of carboxylic acid groups (broad SMARTS) is 1. The van der Waals surface area contributed by atoms with Gasteiger partial charge in [0.2, 0.25) is 0 Å². The molecule has 0 fully saturated rings. The smallest absolute Gasteiger partial charge is 0.307 e. The molecule has 1 atom stereocenters. The Labute approximate surface area is 180 Å². The van der Waals surface area contributed by atoms with Crippen molar-refractivity contribution >= 4 is 40.2 Å². The van der Waals surface area contributed by atoms with Crippen molar-refractivity contribution in [3.63, 3.8) is 0 Å². The number of methoxy groups -OCH3 is 1. The van der Waals surface area contributed by atoms with E-state index >= 15 is 0 Å². The zero-order chi connectivity index (χ0) is 21.2. The summed E-state index contributed by atoms with van der Waals surface area (Å²) in [5.74, 6) is -6.32. The van der Waals surface area contributed by atoms with Gasteiger partial charge in [0.15, 0.2) is 17.5 Å². The fraction of sp³-hybridized carbons (Fsp3) is 0.350. The molecule has 152 valence electrons.